The van der Waals surface area contributed by atoms with Crippen molar-refractivity contribution in [2.75, 3.05) is 18.0 Å². The van der Waals surface area contributed by atoms with Crippen LogP contribution in [0.5, 0.6) is 0 Å². The number of anilines is 1. The number of hydrogen-bond acceptors (Lipinski definition) is 2. The van der Waals surface area contributed by atoms with E-state index in [0.29, 0.717) is 0 Å². The van der Waals surface area contributed by atoms with Gasteiger partial charge in [-0.15, -0.1) is 0 Å². The van der Waals surface area contributed by atoms with Crippen LogP contribution in [-0.2, 0) is 6.54 Å². The van der Waals surface area contributed by atoms with E-state index in [9.17, 15) is 0 Å². The van der Waals surface area contributed by atoms with Gasteiger partial charge in [0.25, 0.3) is 0 Å². The first-order chi connectivity index (χ1) is 9.63. The zero-order chi connectivity index (χ0) is 14.1. The molecule has 1 aromatic rings. The van der Waals surface area contributed by atoms with Crippen LogP contribution >= 0.6 is 11.6 Å². The third-order valence-corrected chi connectivity index (χ3v) is 5.08. The van der Waals surface area contributed by atoms with E-state index in [1.165, 1.54) is 43.6 Å². The summed E-state index contributed by atoms with van der Waals surface area (Å²) in [5.41, 5.74) is 2.51. The van der Waals surface area contributed by atoms with Gasteiger partial charge in [0.2, 0.25) is 0 Å². The molecule has 2 nitrogen and oxygen atoms in total. The van der Waals surface area contributed by atoms with Crippen molar-refractivity contribution >= 4 is 17.3 Å². The number of nitrogens with zero attached hydrogens (tertiary/aromatic N) is 1. The van der Waals surface area contributed by atoms with Crippen molar-refractivity contribution in [1.29, 1.82) is 0 Å². The first kappa shape index (κ1) is 14.2. The number of benzene rings is 1. The topological polar surface area (TPSA) is 15.3 Å². The molecule has 1 saturated carbocycles. The Morgan fingerprint density at radius 1 is 1.30 bits per heavy atom. The summed E-state index contributed by atoms with van der Waals surface area (Å²) in [6.45, 7) is 7.90. The Morgan fingerprint density at radius 3 is 2.70 bits per heavy atom. The van der Waals surface area contributed by atoms with Crippen molar-refractivity contribution in [3.8, 4) is 0 Å². The molecule has 0 bridgehead atoms. The molecule has 3 rings (SSSR count). The van der Waals surface area contributed by atoms with E-state index in [1.54, 1.807) is 0 Å². The summed E-state index contributed by atoms with van der Waals surface area (Å²) in [7, 11) is 0. The molecule has 0 amide bonds. The van der Waals surface area contributed by atoms with Crippen LogP contribution in [-0.4, -0.2) is 19.1 Å². The molecule has 1 atom stereocenters. The van der Waals surface area contributed by atoms with Gasteiger partial charge in [-0.3, -0.25) is 0 Å². The summed E-state index contributed by atoms with van der Waals surface area (Å²) in [5.74, 6) is 1.60. The largest absolute Gasteiger partial charge is 0.371 e. The molecule has 3 heteroatoms. The normalized spacial score (nSPS) is 22.8. The molecule has 1 aliphatic heterocycles. The minimum atomic E-state index is 0.733. The molecule has 0 aromatic heterocycles. The molecule has 1 heterocycles. The quantitative estimate of drug-likeness (QED) is 0.880. The molecule has 0 radical (unpaired) electrons. The van der Waals surface area contributed by atoms with Crippen LogP contribution in [0.4, 0.5) is 5.69 Å². The minimum Gasteiger partial charge on any atom is -0.371 e. The Morgan fingerprint density at radius 2 is 2.10 bits per heavy atom. The lowest BCUT2D eigenvalue weighted by molar-refractivity contribution is 0.423. The van der Waals surface area contributed by atoms with E-state index in [4.69, 9.17) is 11.6 Å². The predicted octanol–water partition coefficient (Wildman–Crippen LogP) is 4.07. The summed E-state index contributed by atoms with van der Waals surface area (Å²) in [6, 6.07) is 7.30. The summed E-state index contributed by atoms with van der Waals surface area (Å²) < 4.78 is 0. The van der Waals surface area contributed by atoms with Gasteiger partial charge in [-0.2, -0.15) is 0 Å². The fourth-order valence-corrected chi connectivity index (χ4v) is 3.23. The fraction of sp³-hybridized carbons (Fsp3) is 0.647. The van der Waals surface area contributed by atoms with Crippen molar-refractivity contribution in [3.63, 3.8) is 0 Å². The summed E-state index contributed by atoms with van der Waals surface area (Å²) in [5, 5.41) is 4.43. The molecular formula is C17H25ClN2. The van der Waals surface area contributed by atoms with Crippen LogP contribution in [0.3, 0.4) is 0 Å². The average molecular weight is 293 g/mol. The van der Waals surface area contributed by atoms with Crippen molar-refractivity contribution in [2.24, 2.45) is 11.8 Å². The predicted molar refractivity (Wildman–Crippen MR) is 86.5 cm³/mol. The first-order valence-corrected chi connectivity index (χ1v) is 8.28. The number of rotatable bonds is 5. The molecule has 1 aliphatic carbocycles. The van der Waals surface area contributed by atoms with E-state index in [-0.39, 0.29) is 0 Å². The Bertz CT molecular complexity index is 468. The van der Waals surface area contributed by atoms with Crippen molar-refractivity contribution in [2.45, 2.75) is 45.7 Å². The van der Waals surface area contributed by atoms with Crippen LogP contribution in [0.25, 0.3) is 0 Å². The lowest BCUT2D eigenvalue weighted by Gasteiger charge is -2.21. The number of halogens is 1. The minimum absolute atomic E-state index is 0.733. The maximum atomic E-state index is 6.44. The third kappa shape index (κ3) is 3.29. The zero-order valence-corrected chi connectivity index (χ0v) is 13.3. The van der Waals surface area contributed by atoms with E-state index in [1.807, 2.05) is 0 Å². The Balaban J connectivity index is 1.64. The summed E-state index contributed by atoms with van der Waals surface area (Å²) in [6.07, 6.45) is 3.94. The Kier molecular flexibility index (Phi) is 4.23. The van der Waals surface area contributed by atoms with E-state index in [2.05, 4.69) is 42.3 Å². The second kappa shape index (κ2) is 5.95. The molecule has 2 aliphatic rings. The number of hydrogen-bond donors (Lipinski definition) is 1. The molecule has 110 valence electrons. The van der Waals surface area contributed by atoms with Crippen LogP contribution in [0.2, 0.25) is 5.02 Å². The molecular weight excluding hydrogens is 268 g/mol. The maximum Gasteiger partial charge on any atom is 0.0471 e. The fourth-order valence-electron chi connectivity index (χ4n) is 2.98. The lowest BCUT2D eigenvalue weighted by Crippen LogP contribution is -2.21. The van der Waals surface area contributed by atoms with E-state index >= 15 is 0 Å². The van der Waals surface area contributed by atoms with Gasteiger partial charge in [0.1, 0.15) is 0 Å². The molecule has 2 fully saturated rings. The highest BCUT2D eigenvalue weighted by Gasteiger charge is 2.25. The highest BCUT2D eigenvalue weighted by molar-refractivity contribution is 6.31. The Labute approximate surface area is 127 Å². The lowest BCUT2D eigenvalue weighted by atomic mass is 9.95. The third-order valence-electron chi connectivity index (χ3n) is 4.73. The molecule has 1 saturated heterocycles. The maximum absolute atomic E-state index is 6.44. The second-order valence-corrected chi connectivity index (χ2v) is 7.08. The highest BCUT2D eigenvalue weighted by Crippen LogP contribution is 2.31. The molecule has 20 heavy (non-hydrogen) atoms. The average Bonchev–Trinajstić information content (AvgIpc) is 3.11. The molecule has 0 spiro atoms. The van der Waals surface area contributed by atoms with Gasteiger partial charge in [0, 0.05) is 36.4 Å². The van der Waals surface area contributed by atoms with Gasteiger partial charge in [0.05, 0.1) is 0 Å². The van der Waals surface area contributed by atoms with Crippen LogP contribution in [0.15, 0.2) is 18.2 Å². The zero-order valence-electron chi connectivity index (χ0n) is 12.5. The first-order valence-electron chi connectivity index (χ1n) is 7.90. The standard InChI is InChI=1S/C17H25ClN2/c1-12(2)14-7-8-20(11-14)16-6-3-13(17(18)9-16)10-19-15-4-5-15/h3,6,9,12,14-15,19H,4-5,7-8,10-11H2,1-2H3. The van der Waals surface area contributed by atoms with Crippen molar-refractivity contribution in [3.05, 3.63) is 28.8 Å². The van der Waals surface area contributed by atoms with Gasteiger partial charge in [-0.25, -0.2) is 0 Å². The number of nitrogens with one attached hydrogen (secondary N) is 1. The van der Waals surface area contributed by atoms with Crippen LogP contribution in [0, 0.1) is 11.8 Å². The van der Waals surface area contributed by atoms with Gasteiger partial charge in [-0.05, 0) is 48.8 Å². The summed E-state index contributed by atoms with van der Waals surface area (Å²) >= 11 is 6.44. The Hall–Kier alpha value is -0.730. The smallest absolute Gasteiger partial charge is 0.0471 e. The monoisotopic (exact) mass is 292 g/mol. The van der Waals surface area contributed by atoms with Gasteiger partial charge in [0.15, 0.2) is 0 Å². The van der Waals surface area contributed by atoms with Gasteiger partial charge < -0.3 is 10.2 Å². The molecule has 1 aromatic carbocycles. The highest BCUT2D eigenvalue weighted by atomic mass is 35.5. The molecule has 1 N–H and O–H groups in total. The second-order valence-electron chi connectivity index (χ2n) is 6.67. The summed E-state index contributed by atoms with van der Waals surface area (Å²) in [4.78, 5) is 2.48. The van der Waals surface area contributed by atoms with E-state index < -0.39 is 0 Å². The van der Waals surface area contributed by atoms with Gasteiger partial charge in [-0.1, -0.05) is 31.5 Å². The van der Waals surface area contributed by atoms with Gasteiger partial charge >= 0.3 is 0 Å². The molecule has 1 unspecified atom stereocenters. The SMILES string of the molecule is CC(C)C1CCN(c2ccc(CNC3CC3)c(Cl)c2)C1. The van der Waals surface area contributed by atoms with E-state index in [0.717, 1.165) is 29.4 Å². The van der Waals surface area contributed by atoms with Crippen LogP contribution in [0.1, 0.15) is 38.7 Å². The van der Waals surface area contributed by atoms with Crippen LogP contribution < -0.4 is 10.2 Å². The van der Waals surface area contributed by atoms with Crippen molar-refractivity contribution in [1.82, 2.24) is 5.32 Å². The van der Waals surface area contributed by atoms with Crippen molar-refractivity contribution < 1.29 is 0 Å².